The molecular formula is C35H36F8O6. The molecule has 0 heterocycles. The lowest BCUT2D eigenvalue weighted by molar-refractivity contribution is -0.361. The number of carbonyl (C=O) groups is 2. The van der Waals surface area contributed by atoms with Gasteiger partial charge in [0.1, 0.15) is 23.9 Å². The normalized spacial score (nSPS) is 12.8. The molecule has 268 valence electrons. The van der Waals surface area contributed by atoms with Gasteiger partial charge >= 0.3 is 30.0 Å². The fraction of sp³-hybridized carbons (Fsp3) is 0.429. The molecule has 0 N–H and O–H groups in total. The van der Waals surface area contributed by atoms with Gasteiger partial charge in [-0.3, -0.25) is 0 Å². The summed E-state index contributed by atoms with van der Waals surface area (Å²) in [4.78, 5) is 25.0. The first kappa shape index (κ1) is 39.2. The van der Waals surface area contributed by atoms with Crippen molar-refractivity contribution in [3.63, 3.8) is 0 Å². The van der Waals surface area contributed by atoms with Crippen LogP contribution in [0.15, 0.2) is 66.7 Å². The molecule has 0 aromatic heterocycles. The van der Waals surface area contributed by atoms with Crippen molar-refractivity contribution in [1.82, 2.24) is 0 Å². The van der Waals surface area contributed by atoms with E-state index in [-0.39, 0.29) is 30.6 Å². The van der Waals surface area contributed by atoms with Gasteiger partial charge in [-0.15, -0.1) is 0 Å². The highest BCUT2D eigenvalue weighted by Gasteiger charge is 2.72. The van der Waals surface area contributed by atoms with Crippen LogP contribution in [-0.4, -0.2) is 55.9 Å². The molecule has 0 aliphatic carbocycles. The van der Waals surface area contributed by atoms with Crippen molar-refractivity contribution in [2.45, 2.75) is 76.5 Å². The summed E-state index contributed by atoms with van der Waals surface area (Å²) in [5, 5.41) is 0. The lowest BCUT2D eigenvalue weighted by atomic mass is 10.0. The van der Waals surface area contributed by atoms with E-state index in [9.17, 15) is 44.7 Å². The van der Waals surface area contributed by atoms with Crippen molar-refractivity contribution in [1.29, 1.82) is 0 Å². The van der Waals surface area contributed by atoms with Crippen molar-refractivity contribution in [3.05, 3.63) is 83.7 Å². The van der Waals surface area contributed by atoms with Crippen molar-refractivity contribution < 1.29 is 63.7 Å². The number of unbranched alkanes of at least 4 members (excludes halogenated alkanes) is 3. The Hall–Kier alpha value is -4.20. The Bertz CT molecular complexity index is 1510. The summed E-state index contributed by atoms with van der Waals surface area (Å²) in [6.07, 6.45) is -1.65. The fourth-order valence-electron chi connectivity index (χ4n) is 4.44. The van der Waals surface area contributed by atoms with Crippen LogP contribution in [0.2, 0.25) is 0 Å². The number of alkyl halides is 7. The number of hydrogen-bond acceptors (Lipinski definition) is 6. The minimum absolute atomic E-state index is 0.0801. The number of carbonyl (C=O) groups excluding carboxylic acids is 2. The van der Waals surface area contributed by atoms with Gasteiger partial charge < -0.3 is 18.9 Å². The Morgan fingerprint density at radius 3 is 1.94 bits per heavy atom. The third-order valence-corrected chi connectivity index (χ3v) is 7.25. The Kier molecular flexibility index (Phi) is 14.0. The Morgan fingerprint density at radius 1 is 0.735 bits per heavy atom. The number of ether oxygens (including phenoxy) is 4. The number of rotatable bonds is 18. The summed E-state index contributed by atoms with van der Waals surface area (Å²) in [6, 6.07) is 16.4. The van der Waals surface area contributed by atoms with Gasteiger partial charge in [-0.25, -0.2) is 14.0 Å². The van der Waals surface area contributed by atoms with Crippen LogP contribution in [0.1, 0.15) is 73.1 Å². The zero-order valence-electron chi connectivity index (χ0n) is 26.8. The zero-order valence-corrected chi connectivity index (χ0v) is 26.8. The number of esters is 2. The highest BCUT2D eigenvalue weighted by molar-refractivity contribution is 5.92. The lowest BCUT2D eigenvalue weighted by Crippen LogP contribution is -2.54. The number of hydrogen-bond donors (Lipinski definition) is 0. The zero-order chi connectivity index (χ0) is 36.2. The van der Waals surface area contributed by atoms with Gasteiger partial charge in [0.25, 0.3) is 0 Å². The first-order chi connectivity index (χ1) is 23.1. The second-order valence-electron chi connectivity index (χ2n) is 11.2. The second kappa shape index (κ2) is 17.5. The van der Waals surface area contributed by atoms with Gasteiger partial charge in [-0.05, 0) is 67.3 Å². The third-order valence-electron chi connectivity index (χ3n) is 7.25. The molecule has 6 nitrogen and oxygen atoms in total. The number of benzene rings is 3. The molecule has 49 heavy (non-hydrogen) atoms. The molecular weight excluding hydrogens is 668 g/mol. The van der Waals surface area contributed by atoms with Crippen molar-refractivity contribution in [2.24, 2.45) is 0 Å². The van der Waals surface area contributed by atoms with Crippen LogP contribution in [0, 0.1) is 5.82 Å². The van der Waals surface area contributed by atoms with Crippen LogP contribution in [-0.2, 0) is 9.47 Å². The van der Waals surface area contributed by atoms with E-state index in [1.807, 2.05) is 6.92 Å². The van der Waals surface area contributed by atoms with Gasteiger partial charge in [0.15, 0.2) is 0 Å². The van der Waals surface area contributed by atoms with E-state index in [1.165, 1.54) is 18.2 Å². The molecule has 0 bridgehead atoms. The van der Waals surface area contributed by atoms with E-state index in [0.29, 0.717) is 5.56 Å². The maximum Gasteiger partial charge on any atom is 0.459 e. The fourth-order valence-corrected chi connectivity index (χ4v) is 4.44. The summed E-state index contributed by atoms with van der Waals surface area (Å²) in [5.41, 5.74) is 1.54. The van der Waals surface area contributed by atoms with E-state index in [4.69, 9.17) is 14.2 Å². The third kappa shape index (κ3) is 11.2. The molecule has 3 rings (SSSR count). The maximum atomic E-state index is 14.6. The van der Waals surface area contributed by atoms with Crippen LogP contribution in [0.25, 0.3) is 11.1 Å². The highest BCUT2D eigenvalue weighted by atomic mass is 19.4. The Morgan fingerprint density at radius 2 is 1.35 bits per heavy atom. The first-order valence-corrected chi connectivity index (χ1v) is 15.5. The van der Waals surface area contributed by atoms with E-state index in [0.717, 1.165) is 55.4 Å². The molecule has 3 aromatic rings. The van der Waals surface area contributed by atoms with Crippen LogP contribution in [0.3, 0.4) is 0 Å². The van der Waals surface area contributed by atoms with E-state index in [2.05, 4.69) is 11.7 Å². The largest absolute Gasteiger partial charge is 0.493 e. The van der Waals surface area contributed by atoms with Crippen molar-refractivity contribution >= 4 is 11.9 Å². The van der Waals surface area contributed by atoms with E-state index in [1.54, 1.807) is 36.4 Å². The summed E-state index contributed by atoms with van der Waals surface area (Å²) < 4.78 is 124. The Labute approximate surface area is 278 Å². The average molecular weight is 705 g/mol. The van der Waals surface area contributed by atoms with Gasteiger partial charge in [0, 0.05) is 12.5 Å². The monoisotopic (exact) mass is 704 g/mol. The molecule has 0 saturated heterocycles. The predicted molar refractivity (Wildman–Crippen MR) is 164 cm³/mol. The summed E-state index contributed by atoms with van der Waals surface area (Å²) in [5.74, 6) is -14.1. The van der Waals surface area contributed by atoms with Crippen LogP contribution in [0.4, 0.5) is 35.1 Å². The predicted octanol–water partition coefficient (Wildman–Crippen LogP) is 9.85. The van der Waals surface area contributed by atoms with E-state index >= 15 is 0 Å². The van der Waals surface area contributed by atoms with Gasteiger partial charge in [0.2, 0.25) is 0 Å². The Balaban J connectivity index is 1.45. The molecule has 0 spiro atoms. The summed E-state index contributed by atoms with van der Waals surface area (Å²) in [7, 11) is 0. The molecule has 1 atom stereocenters. The molecule has 14 heteroatoms. The molecule has 0 aliphatic rings. The lowest BCUT2D eigenvalue weighted by Gasteiger charge is -2.27. The smallest absolute Gasteiger partial charge is 0.459 e. The van der Waals surface area contributed by atoms with Gasteiger partial charge in [0.05, 0.1) is 30.4 Å². The SMILES string of the molecule is CCCCCC[C@H](C)OC(=O)c1ccc(-c2ccc(OC(=O)c3ccc(OCCCOCC(F)(F)C(F)(F)C(F)(F)F)cc3F)cc2)cc1. The highest BCUT2D eigenvalue weighted by Crippen LogP contribution is 2.46. The van der Waals surface area contributed by atoms with Crippen molar-refractivity contribution in [2.75, 3.05) is 19.8 Å². The molecule has 0 aliphatic heterocycles. The van der Waals surface area contributed by atoms with Crippen LogP contribution >= 0.6 is 0 Å². The molecule has 3 aromatic carbocycles. The molecule has 0 fully saturated rings. The summed E-state index contributed by atoms with van der Waals surface area (Å²) in [6.45, 7) is 0.902. The molecule has 0 radical (unpaired) electrons. The number of halogens is 8. The maximum absolute atomic E-state index is 14.6. The molecule has 0 saturated carbocycles. The minimum Gasteiger partial charge on any atom is -0.493 e. The second-order valence-corrected chi connectivity index (χ2v) is 11.2. The van der Waals surface area contributed by atoms with Crippen molar-refractivity contribution in [3.8, 4) is 22.6 Å². The first-order valence-electron chi connectivity index (χ1n) is 15.5. The summed E-state index contributed by atoms with van der Waals surface area (Å²) >= 11 is 0. The van der Waals surface area contributed by atoms with Gasteiger partial charge in [-0.2, -0.15) is 30.7 Å². The van der Waals surface area contributed by atoms with E-state index < -0.39 is 54.6 Å². The standard InChI is InChI=1S/C35H36F8O6/c1-3-4-5-6-8-23(2)48-31(44)26-11-9-24(10-12-26)25-13-15-27(16-14-25)49-32(45)29-18-17-28(21-30(29)36)47-20-7-19-46-22-33(37,38)34(39,40)35(41,42)43/h9-18,21,23H,3-8,19-20,22H2,1-2H3/t23-/m0/s1. The van der Waals surface area contributed by atoms with Gasteiger partial charge in [-0.1, -0.05) is 50.5 Å². The minimum atomic E-state index is -6.45. The quantitative estimate of drug-likeness (QED) is 0.0569. The van der Waals surface area contributed by atoms with Crippen LogP contribution in [0.5, 0.6) is 11.5 Å². The molecule has 0 amide bonds. The van der Waals surface area contributed by atoms with Crippen LogP contribution < -0.4 is 9.47 Å². The topological polar surface area (TPSA) is 71.1 Å². The molecule has 0 unspecified atom stereocenters. The average Bonchev–Trinajstić information content (AvgIpc) is 3.04.